The molecule has 0 rings (SSSR count). The van der Waals surface area contributed by atoms with E-state index in [-0.39, 0.29) is 32.2 Å². The minimum Gasteiger partial charge on any atom is -0.477 e. The van der Waals surface area contributed by atoms with Crippen LogP contribution in [0.15, 0.2) is 36.5 Å². The van der Waals surface area contributed by atoms with Gasteiger partial charge in [0.2, 0.25) is 0 Å². The lowest BCUT2D eigenvalue weighted by molar-refractivity contribution is -0.870. The van der Waals surface area contributed by atoms with Crippen LogP contribution in [0.3, 0.4) is 0 Å². The number of rotatable bonds is 48. The van der Waals surface area contributed by atoms with Crippen LogP contribution in [-0.2, 0) is 33.3 Å². The van der Waals surface area contributed by atoms with Crippen molar-refractivity contribution in [2.75, 3.05) is 47.5 Å². The summed E-state index contributed by atoms with van der Waals surface area (Å²) in [6, 6.07) is 0. The van der Waals surface area contributed by atoms with Gasteiger partial charge in [-0.3, -0.25) is 9.59 Å². The molecule has 0 heterocycles. The molecule has 0 aromatic carbocycles. The van der Waals surface area contributed by atoms with Crippen LogP contribution in [0.25, 0.3) is 0 Å². The third-order valence-electron chi connectivity index (χ3n) is 11.4. The fourth-order valence-corrected chi connectivity index (χ4v) is 7.27. The Labute approximate surface area is 388 Å². The van der Waals surface area contributed by atoms with E-state index in [4.69, 9.17) is 18.9 Å². The average Bonchev–Trinajstić information content (AvgIpc) is 3.24. The number of ether oxygens (including phenoxy) is 4. The van der Waals surface area contributed by atoms with E-state index in [9.17, 15) is 19.5 Å². The molecule has 368 valence electrons. The molecule has 0 radical (unpaired) electrons. The maximum Gasteiger partial charge on any atom is 0.361 e. The van der Waals surface area contributed by atoms with Gasteiger partial charge < -0.3 is 28.5 Å². The third kappa shape index (κ3) is 47.3. The second-order valence-electron chi connectivity index (χ2n) is 18.8. The monoisotopic (exact) mass is 891 g/mol. The molecule has 0 aliphatic heterocycles. The van der Waals surface area contributed by atoms with Gasteiger partial charge in [-0.15, -0.1) is 0 Å². The van der Waals surface area contributed by atoms with Crippen LogP contribution in [0.5, 0.6) is 0 Å². The van der Waals surface area contributed by atoms with Crippen molar-refractivity contribution < 1.29 is 42.9 Å². The van der Waals surface area contributed by atoms with Gasteiger partial charge in [0.05, 0.1) is 34.4 Å². The van der Waals surface area contributed by atoms with Gasteiger partial charge in [0.25, 0.3) is 6.29 Å². The van der Waals surface area contributed by atoms with Crippen molar-refractivity contribution in [1.29, 1.82) is 0 Å². The number of aliphatic carboxylic acids is 1. The van der Waals surface area contributed by atoms with Gasteiger partial charge in [-0.25, -0.2) is 4.79 Å². The Morgan fingerprint density at radius 2 is 0.857 bits per heavy atom. The van der Waals surface area contributed by atoms with Crippen LogP contribution < -0.4 is 0 Å². The number of carboxylic acid groups (broad SMARTS) is 1. The van der Waals surface area contributed by atoms with Gasteiger partial charge in [0, 0.05) is 12.8 Å². The average molecular weight is 891 g/mol. The Hall–Kier alpha value is -2.49. The van der Waals surface area contributed by atoms with Gasteiger partial charge in [0.15, 0.2) is 6.10 Å². The topological polar surface area (TPSA) is 108 Å². The summed E-state index contributed by atoms with van der Waals surface area (Å²) in [5, 5.41) is 9.67. The van der Waals surface area contributed by atoms with Crippen molar-refractivity contribution in [1.82, 2.24) is 0 Å². The molecule has 0 fully saturated rings. The van der Waals surface area contributed by atoms with Gasteiger partial charge >= 0.3 is 17.9 Å². The molecule has 0 amide bonds. The summed E-state index contributed by atoms with van der Waals surface area (Å²) >= 11 is 0. The summed E-state index contributed by atoms with van der Waals surface area (Å²) in [5.74, 6) is -2.01. The zero-order valence-corrected chi connectivity index (χ0v) is 41.7. The SMILES string of the molecule is CCCCCCC/C=C\C/C=C\CCCCCCCCCCCC(=O)OC(COC(=O)CCCCCCCCC/C=C\CCCCCCCC)COC(OCC[N+](C)(C)C)C(=O)O. The number of carbonyl (C=O) groups excluding carboxylic acids is 2. The van der Waals surface area contributed by atoms with E-state index in [0.29, 0.717) is 17.4 Å². The molecule has 63 heavy (non-hydrogen) atoms. The van der Waals surface area contributed by atoms with Crippen molar-refractivity contribution in [2.24, 2.45) is 0 Å². The highest BCUT2D eigenvalue weighted by atomic mass is 16.7. The molecule has 0 bridgehead atoms. The highest BCUT2D eigenvalue weighted by molar-refractivity contribution is 5.71. The molecule has 9 nitrogen and oxygen atoms in total. The summed E-state index contributed by atoms with van der Waals surface area (Å²) in [6.07, 6.45) is 50.6. The van der Waals surface area contributed by atoms with E-state index in [1.807, 2.05) is 21.1 Å². The predicted molar refractivity (Wildman–Crippen MR) is 263 cm³/mol. The van der Waals surface area contributed by atoms with Gasteiger partial charge in [-0.05, 0) is 70.6 Å². The Morgan fingerprint density at radius 1 is 0.476 bits per heavy atom. The third-order valence-corrected chi connectivity index (χ3v) is 11.4. The van der Waals surface area contributed by atoms with Gasteiger partial charge in [-0.1, -0.05) is 185 Å². The molecule has 0 aliphatic rings. The normalized spacial score (nSPS) is 13.1. The minimum atomic E-state index is -1.51. The molecule has 0 saturated carbocycles. The first-order chi connectivity index (χ1) is 30.6. The zero-order chi connectivity index (χ0) is 46.3. The smallest absolute Gasteiger partial charge is 0.361 e. The van der Waals surface area contributed by atoms with Crippen molar-refractivity contribution in [3.8, 4) is 0 Å². The second kappa shape index (κ2) is 46.1. The number of carbonyl (C=O) groups is 3. The Kier molecular flexibility index (Phi) is 44.2. The molecule has 0 aromatic rings. The number of quaternary nitrogens is 1. The van der Waals surface area contributed by atoms with E-state index in [1.54, 1.807) is 0 Å². The van der Waals surface area contributed by atoms with Crippen LogP contribution in [0.2, 0.25) is 0 Å². The lowest BCUT2D eigenvalue weighted by Gasteiger charge is -2.25. The van der Waals surface area contributed by atoms with Gasteiger partial charge in [0.1, 0.15) is 13.2 Å². The Balaban J connectivity index is 4.34. The first kappa shape index (κ1) is 60.5. The summed E-state index contributed by atoms with van der Waals surface area (Å²) in [7, 11) is 5.96. The molecule has 0 spiro atoms. The molecular formula is C54H100NO8+. The van der Waals surface area contributed by atoms with Crippen molar-refractivity contribution in [2.45, 2.75) is 245 Å². The standard InChI is InChI=1S/C54H99NO8/c1-6-8-10-12-14-16-18-20-22-24-25-26-27-29-31-33-35-37-39-41-43-45-52(57)63-50(49-62-54(53(58)59)60-47-46-55(3,4)5)48-61-51(56)44-42-40-38-36-34-32-30-28-23-21-19-17-15-13-11-9-7-2/h18,20-21,23-25,50,54H,6-17,19,22,26-49H2,1-5H3/p+1/b20-18-,23-21-,25-24-. The number of likely N-dealkylation sites (N-methyl/N-ethyl adjacent to an activating group) is 1. The van der Waals surface area contributed by atoms with Crippen LogP contribution in [0, 0.1) is 0 Å². The molecule has 9 heteroatoms. The maximum absolute atomic E-state index is 12.8. The molecule has 0 saturated heterocycles. The number of hydrogen-bond donors (Lipinski definition) is 1. The summed E-state index contributed by atoms with van der Waals surface area (Å²) < 4.78 is 22.8. The number of nitrogens with zero attached hydrogens (tertiary/aromatic N) is 1. The number of esters is 2. The van der Waals surface area contributed by atoms with Crippen molar-refractivity contribution >= 4 is 17.9 Å². The molecule has 0 aromatic heterocycles. The van der Waals surface area contributed by atoms with E-state index in [1.165, 1.54) is 154 Å². The fourth-order valence-electron chi connectivity index (χ4n) is 7.27. The summed E-state index contributed by atoms with van der Waals surface area (Å²) in [6.45, 7) is 4.87. The number of unbranched alkanes of at least 4 members (excludes halogenated alkanes) is 27. The largest absolute Gasteiger partial charge is 0.477 e. The highest BCUT2D eigenvalue weighted by Gasteiger charge is 2.25. The number of hydrogen-bond acceptors (Lipinski definition) is 7. The van der Waals surface area contributed by atoms with E-state index >= 15 is 0 Å². The second-order valence-corrected chi connectivity index (χ2v) is 18.8. The van der Waals surface area contributed by atoms with Crippen LogP contribution in [0.1, 0.15) is 232 Å². The first-order valence-electron chi connectivity index (χ1n) is 26.2. The molecule has 0 aliphatic carbocycles. The Morgan fingerprint density at radius 3 is 1.27 bits per heavy atom. The molecular weight excluding hydrogens is 791 g/mol. The lowest BCUT2D eigenvalue weighted by atomic mass is 10.1. The Bertz CT molecular complexity index is 1130. The summed E-state index contributed by atoms with van der Waals surface area (Å²) in [5.41, 5.74) is 0. The van der Waals surface area contributed by atoms with E-state index < -0.39 is 24.3 Å². The van der Waals surface area contributed by atoms with Crippen molar-refractivity contribution in [3.63, 3.8) is 0 Å². The molecule has 2 unspecified atom stereocenters. The predicted octanol–water partition coefficient (Wildman–Crippen LogP) is 14.6. The van der Waals surface area contributed by atoms with Crippen molar-refractivity contribution in [3.05, 3.63) is 36.5 Å². The van der Waals surface area contributed by atoms with Gasteiger partial charge in [-0.2, -0.15) is 0 Å². The summed E-state index contributed by atoms with van der Waals surface area (Å²) in [4.78, 5) is 37.3. The van der Waals surface area contributed by atoms with E-state index in [0.717, 1.165) is 51.4 Å². The maximum atomic E-state index is 12.8. The number of allylic oxidation sites excluding steroid dienone is 6. The fraction of sp³-hybridized carbons (Fsp3) is 0.833. The molecule has 2 atom stereocenters. The first-order valence-corrected chi connectivity index (χ1v) is 26.2. The number of carboxylic acids is 1. The quantitative estimate of drug-likeness (QED) is 0.0212. The van der Waals surface area contributed by atoms with Crippen LogP contribution in [0.4, 0.5) is 0 Å². The van der Waals surface area contributed by atoms with Crippen LogP contribution >= 0.6 is 0 Å². The molecule has 1 N–H and O–H groups in total. The van der Waals surface area contributed by atoms with Crippen LogP contribution in [-0.4, -0.2) is 87.4 Å². The zero-order valence-electron chi connectivity index (χ0n) is 41.7. The lowest BCUT2D eigenvalue weighted by Crippen LogP contribution is -2.40. The highest BCUT2D eigenvalue weighted by Crippen LogP contribution is 2.15. The minimum absolute atomic E-state index is 0.184. The van der Waals surface area contributed by atoms with E-state index in [2.05, 4.69) is 50.3 Å².